The molecule has 0 fully saturated rings. The van der Waals surface area contributed by atoms with Gasteiger partial charge in [0, 0.05) is 0 Å². The highest BCUT2D eigenvalue weighted by molar-refractivity contribution is 7.07. The lowest BCUT2D eigenvalue weighted by molar-refractivity contribution is -0.139. The van der Waals surface area contributed by atoms with Gasteiger partial charge in [0.1, 0.15) is 11.5 Å². The number of nitrogens with zero attached hydrogens (tertiary/aromatic N) is 2. The maximum atomic E-state index is 13.5. The largest absolute Gasteiger partial charge is 0.508 e. The van der Waals surface area contributed by atoms with Crippen LogP contribution in [-0.4, -0.2) is 29.4 Å². The van der Waals surface area contributed by atoms with E-state index in [2.05, 4.69) is 4.99 Å². The molecule has 1 aromatic heterocycles. The number of fused-ring (bicyclic) bond motifs is 1. The Morgan fingerprint density at radius 3 is 2.50 bits per heavy atom. The number of rotatable bonds is 5. The Bertz CT molecular complexity index is 1370. The molecular weight excluding hydrogens is 428 g/mol. The van der Waals surface area contributed by atoms with Crippen LogP contribution < -0.4 is 19.6 Å². The second-order valence-electron chi connectivity index (χ2n) is 7.17. The molecule has 2 aromatic carbocycles. The van der Waals surface area contributed by atoms with Gasteiger partial charge in [-0.3, -0.25) is 9.36 Å². The molecule has 3 aromatic rings. The minimum absolute atomic E-state index is 0.0963. The van der Waals surface area contributed by atoms with Gasteiger partial charge in [-0.2, -0.15) is 0 Å². The van der Waals surface area contributed by atoms with Crippen molar-refractivity contribution < 1.29 is 19.4 Å². The lowest BCUT2D eigenvalue weighted by atomic mass is 9.96. The summed E-state index contributed by atoms with van der Waals surface area (Å²) in [6, 6.07) is 13.1. The van der Waals surface area contributed by atoms with E-state index in [-0.39, 0.29) is 17.9 Å². The van der Waals surface area contributed by atoms with Gasteiger partial charge >= 0.3 is 5.97 Å². The van der Waals surface area contributed by atoms with Gasteiger partial charge in [0.25, 0.3) is 5.56 Å². The lowest BCUT2D eigenvalue weighted by Gasteiger charge is -2.24. The summed E-state index contributed by atoms with van der Waals surface area (Å²) in [4.78, 5) is 31.3. The van der Waals surface area contributed by atoms with Gasteiger partial charge in [-0.1, -0.05) is 35.6 Å². The van der Waals surface area contributed by atoms with Crippen LogP contribution in [-0.2, 0) is 9.53 Å². The summed E-state index contributed by atoms with van der Waals surface area (Å²) in [5.74, 6) is 0.306. The van der Waals surface area contributed by atoms with Gasteiger partial charge in [-0.05, 0) is 55.3 Å². The third kappa shape index (κ3) is 3.97. The quantitative estimate of drug-likeness (QED) is 0.604. The summed E-state index contributed by atoms with van der Waals surface area (Å²) in [7, 11) is 1.60. The van der Waals surface area contributed by atoms with Crippen LogP contribution in [0.3, 0.4) is 0 Å². The van der Waals surface area contributed by atoms with Gasteiger partial charge in [0.15, 0.2) is 4.80 Å². The second kappa shape index (κ2) is 8.84. The average molecular weight is 451 g/mol. The van der Waals surface area contributed by atoms with Crippen LogP contribution in [0, 0.1) is 0 Å². The zero-order chi connectivity index (χ0) is 22.8. The molecule has 164 valence electrons. The smallest absolute Gasteiger partial charge is 0.338 e. The molecule has 8 heteroatoms. The van der Waals surface area contributed by atoms with Gasteiger partial charge in [0.05, 0.1) is 35.6 Å². The van der Waals surface area contributed by atoms with Crippen LogP contribution in [0.1, 0.15) is 31.0 Å². The fourth-order valence-electron chi connectivity index (χ4n) is 3.62. The number of hydrogen-bond acceptors (Lipinski definition) is 7. The number of thiazole rings is 1. The van der Waals surface area contributed by atoms with Crippen LogP contribution in [0.15, 0.2) is 69.6 Å². The van der Waals surface area contributed by atoms with E-state index in [1.807, 2.05) is 24.3 Å². The predicted octanol–water partition coefficient (Wildman–Crippen LogP) is 2.51. The number of carbonyl (C=O) groups is 1. The first kappa shape index (κ1) is 21.6. The van der Waals surface area contributed by atoms with Crippen LogP contribution in [0.4, 0.5) is 0 Å². The SMILES string of the molecule is CCOC(=O)C1=C(C)N=c2s/c(=C/c3ccc(OC)cc3)c(=O)n2[C@H]1c1ccc(O)cc1. The molecule has 0 unspecified atom stereocenters. The molecular formula is C24H22N2O5S. The Morgan fingerprint density at radius 1 is 1.19 bits per heavy atom. The molecule has 0 aliphatic carbocycles. The molecule has 0 radical (unpaired) electrons. The second-order valence-corrected chi connectivity index (χ2v) is 8.18. The van der Waals surface area contributed by atoms with Crippen molar-refractivity contribution in [1.82, 2.24) is 4.57 Å². The van der Waals surface area contributed by atoms with Gasteiger partial charge in [-0.25, -0.2) is 9.79 Å². The van der Waals surface area contributed by atoms with Crippen LogP contribution in [0.2, 0.25) is 0 Å². The normalized spacial score (nSPS) is 15.8. The number of methoxy groups -OCH3 is 1. The van der Waals surface area contributed by atoms with Gasteiger partial charge < -0.3 is 14.6 Å². The Morgan fingerprint density at radius 2 is 1.88 bits per heavy atom. The number of esters is 1. The molecule has 0 saturated heterocycles. The number of hydrogen-bond donors (Lipinski definition) is 1. The minimum Gasteiger partial charge on any atom is -0.508 e. The summed E-state index contributed by atoms with van der Waals surface area (Å²) < 4.78 is 12.5. The van der Waals surface area contributed by atoms with Crippen LogP contribution in [0.25, 0.3) is 6.08 Å². The molecule has 0 spiro atoms. The zero-order valence-electron chi connectivity index (χ0n) is 17.9. The van der Waals surface area contributed by atoms with Crippen molar-refractivity contribution in [2.24, 2.45) is 4.99 Å². The molecule has 1 aliphatic heterocycles. The third-order valence-electron chi connectivity index (χ3n) is 5.14. The average Bonchev–Trinajstić information content (AvgIpc) is 3.08. The molecule has 0 saturated carbocycles. The summed E-state index contributed by atoms with van der Waals surface area (Å²) >= 11 is 1.26. The van der Waals surface area contributed by atoms with E-state index in [1.165, 1.54) is 28.0 Å². The zero-order valence-corrected chi connectivity index (χ0v) is 18.7. The molecule has 0 bridgehead atoms. The van der Waals surface area contributed by atoms with Crippen molar-refractivity contribution in [3.05, 3.63) is 90.6 Å². The third-order valence-corrected chi connectivity index (χ3v) is 6.12. The standard InChI is InChI=1S/C24H22N2O5S/c1-4-31-23(29)20-14(2)25-24-26(21(20)16-7-9-17(27)10-8-16)22(28)19(32-24)13-15-5-11-18(30-3)12-6-15/h5-13,21,27H,4H2,1-3H3/b19-13+/t21-/m0/s1. The first-order valence-corrected chi connectivity index (χ1v) is 10.9. The maximum absolute atomic E-state index is 13.5. The highest BCUT2D eigenvalue weighted by Crippen LogP contribution is 2.31. The number of allylic oxidation sites excluding steroid dienone is 1. The van der Waals surface area contributed by atoms with Crippen LogP contribution in [0.5, 0.6) is 11.5 Å². The molecule has 1 N–H and O–H groups in total. The van der Waals surface area contributed by atoms with E-state index in [9.17, 15) is 14.7 Å². The summed E-state index contributed by atoms with van der Waals surface area (Å²) in [5.41, 5.74) is 2.08. The minimum atomic E-state index is -0.705. The van der Waals surface area contributed by atoms with Gasteiger partial charge in [0.2, 0.25) is 0 Å². The predicted molar refractivity (Wildman–Crippen MR) is 121 cm³/mol. The number of aromatic nitrogens is 1. The fraction of sp³-hybridized carbons (Fsp3) is 0.208. The maximum Gasteiger partial charge on any atom is 0.338 e. The molecule has 1 atom stereocenters. The molecule has 1 aliphatic rings. The number of ether oxygens (including phenoxy) is 2. The monoisotopic (exact) mass is 450 g/mol. The first-order chi connectivity index (χ1) is 15.4. The van der Waals surface area contributed by atoms with E-state index in [0.717, 1.165) is 11.3 Å². The fourth-order valence-corrected chi connectivity index (χ4v) is 4.66. The van der Waals surface area contributed by atoms with Crippen molar-refractivity contribution in [1.29, 1.82) is 0 Å². The summed E-state index contributed by atoms with van der Waals surface area (Å²) in [6.45, 7) is 3.67. The van der Waals surface area contributed by atoms with E-state index < -0.39 is 12.0 Å². The highest BCUT2D eigenvalue weighted by Gasteiger charge is 2.33. The lowest BCUT2D eigenvalue weighted by Crippen LogP contribution is -2.39. The van der Waals surface area contributed by atoms with E-state index in [0.29, 0.717) is 26.2 Å². The summed E-state index contributed by atoms with van der Waals surface area (Å²) in [5, 5.41) is 9.72. The summed E-state index contributed by atoms with van der Waals surface area (Å²) in [6.07, 6.45) is 1.79. The molecule has 7 nitrogen and oxygen atoms in total. The molecule has 0 amide bonds. The van der Waals surface area contributed by atoms with E-state index in [1.54, 1.807) is 39.2 Å². The Labute approximate surface area is 188 Å². The van der Waals surface area contributed by atoms with Crippen molar-refractivity contribution >= 4 is 23.4 Å². The van der Waals surface area contributed by atoms with Crippen molar-refractivity contribution in [3.63, 3.8) is 0 Å². The first-order valence-electron chi connectivity index (χ1n) is 10.1. The topological polar surface area (TPSA) is 90.1 Å². The number of benzene rings is 2. The molecule has 32 heavy (non-hydrogen) atoms. The van der Waals surface area contributed by atoms with E-state index >= 15 is 0 Å². The van der Waals surface area contributed by atoms with Crippen molar-refractivity contribution in [2.45, 2.75) is 19.9 Å². The van der Waals surface area contributed by atoms with Crippen molar-refractivity contribution in [2.75, 3.05) is 13.7 Å². The Balaban J connectivity index is 1.92. The Kier molecular flexibility index (Phi) is 5.96. The number of carbonyl (C=O) groups excluding carboxylic acids is 1. The van der Waals surface area contributed by atoms with Gasteiger partial charge in [-0.15, -0.1) is 0 Å². The molecule has 4 rings (SSSR count). The number of phenols is 1. The Hall–Kier alpha value is -3.65. The van der Waals surface area contributed by atoms with Crippen molar-refractivity contribution in [3.8, 4) is 11.5 Å². The van der Waals surface area contributed by atoms with E-state index in [4.69, 9.17) is 9.47 Å². The van der Waals surface area contributed by atoms with Crippen LogP contribution >= 0.6 is 11.3 Å². The number of aromatic hydroxyl groups is 1. The molecule has 2 heterocycles. The number of phenolic OH excluding ortho intramolecular Hbond substituents is 1. The highest BCUT2D eigenvalue weighted by atomic mass is 32.1.